The summed E-state index contributed by atoms with van der Waals surface area (Å²) in [6.45, 7) is 0. The van der Waals surface area contributed by atoms with Gasteiger partial charge in [0.15, 0.2) is 25.4 Å². The number of aliphatic hydroxyl groups is 4. The van der Waals surface area contributed by atoms with Gasteiger partial charge in [0.05, 0.1) is 0 Å². The fourth-order valence-corrected chi connectivity index (χ4v) is 0.805. The minimum Gasteiger partial charge on any atom is -0.726 e. The lowest BCUT2D eigenvalue weighted by Gasteiger charge is -2.15. The third kappa shape index (κ3) is 14.6. The SMILES string of the molecule is O=S(=O)([O-])O.OC[P+](CO)(CO)CO.P. The molecule has 1 unspecified atom stereocenters. The molecule has 0 heterocycles. The molecule has 0 spiro atoms. The molecule has 96 valence electrons. The standard InChI is InChI=1S/C4H12O4P.H2O4S.H3P/c5-1-9(2-6,3-7)4-8;1-5(2,3)4;/h5-8H,1-4H2;(H2,1,2,3,4);1H3/q+1;;/p-1. The Morgan fingerprint density at radius 3 is 1.07 bits per heavy atom. The van der Waals surface area contributed by atoms with Crippen molar-refractivity contribution in [1.82, 2.24) is 0 Å². The summed E-state index contributed by atoms with van der Waals surface area (Å²) in [5.74, 6) is 0. The van der Waals surface area contributed by atoms with Gasteiger partial charge in [0, 0.05) is 0 Å². The van der Waals surface area contributed by atoms with E-state index in [0.717, 1.165) is 0 Å². The van der Waals surface area contributed by atoms with E-state index in [0.29, 0.717) is 0 Å². The molecule has 15 heavy (non-hydrogen) atoms. The van der Waals surface area contributed by atoms with Crippen molar-refractivity contribution in [2.75, 3.05) is 25.4 Å². The van der Waals surface area contributed by atoms with E-state index in [1.165, 1.54) is 0 Å². The topological polar surface area (TPSA) is 158 Å². The first-order chi connectivity index (χ1) is 6.24. The van der Waals surface area contributed by atoms with E-state index in [2.05, 4.69) is 0 Å². The fourth-order valence-electron chi connectivity index (χ4n) is 0.268. The molecular weight excluding hydrogens is 270 g/mol. The van der Waals surface area contributed by atoms with Crippen LogP contribution in [0.15, 0.2) is 0 Å². The van der Waals surface area contributed by atoms with Gasteiger partial charge in [-0.2, -0.15) is 9.90 Å². The summed E-state index contributed by atoms with van der Waals surface area (Å²) in [4.78, 5) is 0. The van der Waals surface area contributed by atoms with E-state index in [1.807, 2.05) is 0 Å². The molecule has 0 saturated carbocycles. The first-order valence-electron chi connectivity index (χ1n) is 3.21. The molecule has 0 bridgehead atoms. The molecule has 0 amide bonds. The van der Waals surface area contributed by atoms with Gasteiger partial charge in [-0.15, -0.1) is 0 Å². The number of hydrogen-bond donors (Lipinski definition) is 5. The minimum absolute atomic E-state index is 0. The first-order valence-corrected chi connectivity index (χ1v) is 7.11. The number of aliphatic hydroxyl groups excluding tert-OH is 4. The third-order valence-electron chi connectivity index (χ3n) is 1.20. The molecule has 8 nitrogen and oxygen atoms in total. The summed E-state index contributed by atoms with van der Waals surface area (Å²) < 4.78 is 32.8. The summed E-state index contributed by atoms with van der Waals surface area (Å²) in [6.07, 6.45) is -1.18. The number of rotatable bonds is 4. The van der Waals surface area contributed by atoms with Crippen molar-refractivity contribution in [3.63, 3.8) is 0 Å². The maximum atomic E-state index is 8.63. The Kier molecular flexibility index (Phi) is 13.6. The average molecular weight is 286 g/mol. The highest BCUT2D eigenvalue weighted by Gasteiger charge is 2.34. The Balaban J connectivity index is -0.000000208. The summed E-state index contributed by atoms with van der Waals surface area (Å²) in [7, 11) is -7.11. The summed E-state index contributed by atoms with van der Waals surface area (Å²) in [5.41, 5.74) is 0. The molecule has 0 aliphatic rings. The average Bonchev–Trinajstić information content (AvgIpc) is 2.07. The van der Waals surface area contributed by atoms with E-state index in [1.54, 1.807) is 0 Å². The summed E-state index contributed by atoms with van der Waals surface area (Å²) in [6, 6.07) is 0. The molecule has 0 radical (unpaired) electrons. The van der Waals surface area contributed by atoms with Crippen LogP contribution in [0.3, 0.4) is 0 Å². The quantitative estimate of drug-likeness (QED) is 0.222. The van der Waals surface area contributed by atoms with Crippen LogP contribution in [0.2, 0.25) is 0 Å². The lowest BCUT2D eigenvalue weighted by Crippen LogP contribution is -2.10. The van der Waals surface area contributed by atoms with Crippen molar-refractivity contribution < 1.29 is 37.9 Å². The molecule has 0 aliphatic heterocycles. The first kappa shape index (κ1) is 20.9. The van der Waals surface area contributed by atoms with Crippen LogP contribution < -0.4 is 0 Å². The number of hydrogen-bond acceptors (Lipinski definition) is 7. The van der Waals surface area contributed by atoms with Gasteiger partial charge >= 0.3 is 0 Å². The predicted octanol–water partition coefficient (Wildman–Crippen LogP) is -2.13. The van der Waals surface area contributed by atoms with E-state index in [9.17, 15) is 0 Å². The normalized spacial score (nSPS) is 11.1. The second-order valence-electron chi connectivity index (χ2n) is 2.34. The summed E-state index contributed by atoms with van der Waals surface area (Å²) >= 11 is 0. The molecule has 0 aliphatic carbocycles. The Morgan fingerprint density at radius 1 is 0.933 bits per heavy atom. The molecule has 11 heteroatoms. The van der Waals surface area contributed by atoms with Crippen molar-refractivity contribution in [1.29, 1.82) is 0 Å². The molecular formula is C4H16O8P2S. The smallest absolute Gasteiger partial charge is 0.215 e. The van der Waals surface area contributed by atoms with Crippen LogP contribution in [0.25, 0.3) is 0 Å². The van der Waals surface area contributed by atoms with E-state index in [-0.39, 0.29) is 35.3 Å². The van der Waals surface area contributed by atoms with Gasteiger partial charge in [-0.1, -0.05) is 0 Å². The van der Waals surface area contributed by atoms with Crippen LogP contribution >= 0.6 is 17.2 Å². The van der Waals surface area contributed by atoms with Gasteiger partial charge in [0.2, 0.25) is 10.4 Å². The van der Waals surface area contributed by atoms with Gasteiger partial charge in [-0.25, -0.2) is 8.42 Å². The van der Waals surface area contributed by atoms with Crippen molar-refractivity contribution in [2.24, 2.45) is 0 Å². The lowest BCUT2D eigenvalue weighted by molar-refractivity contribution is 0.288. The Morgan fingerprint density at radius 2 is 1.07 bits per heavy atom. The molecule has 0 aromatic heterocycles. The predicted molar refractivity (Wildman–Crippen MR) is 58.7 cm³/mol. The van der Waals surface area contributed by atoms with Crippen LogP contribution in [0.5, 0.6) is 0 Å². The highest BCUT2D eigenvalue weighted by atomic mass is 32.3. The van der Waals surface area contributed by atoms with Crippen LogP contribution in [-0.2, 0) is 10.4 Å². The second kappa shape index (κ2) is 9.77. The minimum atomic E-state index is -4.92. The van der Waals surface area contributed by atoms with E-state index in [4.69, 9.17) is 37.9 Å². The van der Waals surface area contributed by atoms with Crippen LogP contribution in [0, 0.1) is 0 Å². The zero-order valence-electron chi connectivity index (χ0n) is 7.85. The molecule has 0 saturated heterocycles. The zero-order valence-corrected chi connectivity index (χ0v) is 11.0. The maximum Gasteiger partial charge on any atom is 0.215 e. The van der Waals surface area contributed by atoms with Crippen LogP contribution in [0.1, 0.15) is 0 Å². The van der Waals surface area contributed by atoms with Gasteiger partial charge in [0.1, 0.15) is 7.26 Å². The Labute approximate surface area is 91.5 Å². The van der Waals surface area contributed by atoms with Gasteiger partial charge in [-0.3, -0.25) is 4.55 Å². The fraction of sp³-hybridized carbons (Fsp3) is 1.00. The molecule has 5 N–H and O–H groups in total. The Hall–Kier alpha value is 0.570. The largest absolute Gasteiger partial charge is 0.726 e. The monoisotopic (exact) mass is 286 g/mol. The molecule has 0 rings (SSSR count). The molecule has 0 aromatic carbocycles. The zero-order chi connectivity index (χ0) is 11.8. The second-order valence-corrected chi connectivity index (χ2v) is 7.01. The Bertz CT molecular complexity index is 199. The van der Waals surface area contributed by atoms with Crippen molar-refractivity contribution in [3.8, 4) is 0 Å². The maximum absolute atomic E-state index is 8.63. The van der Waals surface area contributed by atoms with Gasteiger partial charge in [0.25, 0.3) is 0 Å². The van der Waals surface area contributed by atoms with E-state index >= 15 is 0 Å². The van der Waals surface area contributed by atoms with E-state index < -0.39 is 17.7 Å². The van der Waals surface area contributed by atoms with Crippen molar-refractivity contribution in [3.05, 3.63) is 0 Å². The molecule has 0 fully saturated rings. The van der Waals surface area contributed by atoms with Gasteiger partial charge < -0.3 is 25.0 Å². The summed E-state index contributed by atoms with van der Waals surface area (Å²) in [5, 5.41) is 34.2. The highest BCUT2D eigenvalue weighted by molar-refractivity contribution is 7.79. The van der Waals surface area contributed by atoms with Gasteiger partial charge in [-0.05, 0) is 0 Å². The third-order valence-corrected chi connectivity index (χ3v) is 3.60. The molecule has 0 aromatic rings. The van der Waals surface area contributed by atoms with Crippen molar-refractivity contribution >= 4 is 27.6 Å². The van der Waals surface area contributed by atoms with Crippen LogP contribution in [-0.4, -0.2) is 63.3 Å². The lowest BCUT2D eigenvalue weighted by atomic mass is 11.6. The van der Waals surface area contributed by atoms with Crippen LogP contribution in [0.4, 0.5) is 0 Å². The van der Waals surface area contributed by atoms with Crippen molar-refractivity contribution in [2.45, 2.75) is 0 Å². The highest BCUT2D eigenvalue weighted by Crippen LogP contribution is 2.54. The molecule has 1 atom stereocenters.